The highest BCUT2D eigenvalue weighted by atomic mass is 35.5. The average Bonchev–Trinajstić information content (AvgIpc) is 3.66. The molecular formula is C35H42ClN3O6S. The van der Waals surface area contributed by atoms with Gasteiger partial charge in [-0.15, -0.1) is 11.3 Å². The number of hydrogen-bond acceptors (Lipinski definition) is 7. The first-order valence-electron chi connectivity index (χ1n) is 16.2. The van der Waals surface area contributed by atoms with E-state index in [2.05, 4.69) is 24.1 Å². The Morgan fingerprint density at radius 1 is 1.04 bits per heavy atom. The summed E-state index contributed by atoms with van der Waals surface area (Å²) in [6.45, 7) is 6.89. The number of anilines is 1. The fourth-order valence-corrected chi connectivity index (χ4v) is 8.44. The zero-order chi connectivity index (χ0) is 32.4. The maximum absolute atomic E-state index is 13.9. The average molecular weight is 668 g/mol. The number of hydrogen-bond donors (Lipinski definition) is 2. The number of carboxylic acids is 1. The van der Waals surface area contributed by atoms with Crippen molar-refractivity contribution in [1.29, 1.82) is 0 Å². The molecular weight excluding hydrogens is 626 g/mol. The molecule has 9 nitrogen and oxygen atoms in total. The minimum atomic E-state index is -0.727. The molecule has 1 aromatic heterocycles. The number of halogens is 1. The van der Waals surface area contributed by atoms with Crippen molar-refractivity contribution in [1.82, 2.24) is 9.80 Å². The Kier molecular flexibility index (Phi) is 10.3. The number of rotatable bonds is 9. The summed E-state index contributed by atoms with van der Waals surface area (Å²) in [7, 11) is 0. The van der Waals surface area contributed by atoms with Crippen molar-refractivity contribution in [2.45, 2.75) is 82.8 Å². The number of nitrogens with zero attached hydrogens (tertiary/aromatic N) is 2. The monoisotopic (exact) mass is 667 g/mol. The van der Waals surface area contributed by atoms with E-state index < -0.39 is 5.97 Å². The van der Waals surface area contributed by atoms with E-state index in [1.54, 1.807) is 12.1 Å². The number of amides is 2. The lowest BCUT2D eigenvalue weighted by Crippen LogP contribution is -2.51. The molecule has 2 amide bonds. The van der Waals surface area contributed by atoms with Gasteiger partial charge in [0.05, 0.1) is 59.6 Å². The van der Waals surface area contributed by atoms with Crippen molar-refractivity contribution in [3.05, 3.63) is 64.0 Å². The lowest BCUT2D eigenvalue weighted by Gasteiger charge is -2.38. The number of morpholine rings is 1. The topological polar surface area (TPSA) is 108 Å². The molecule has 2 aliphatic heterocycles. The molecule has 2 saturated heterocycles. The molecule has 0 bridgehead atoms. The molecule has 1 saturated carbocycles. The summed E-state index contributed by atoms with van der Waals surface area (Å²) < 4.78 is 13.4. The highest BCUT2D eigenvalue weighted by Gasteiger charge is 2.40. The number of fused-ring (bicyclic) bond motifs is 1. The van der Waals surface area contributed by atoms with Gasteiger partial charge in [-0.2, -0.15) is 0 Å². The van der Waals surface area contributed by atoms with Crippen molar-refractivity contribution >= 4 is 56.5 Å². The van der Waals surface area contributed by atoms with Crippen molar-refractivity contribution in [3.8, 4) is 0 Å². The third-order valence-corrected chi connectivity index (χ3v) is 10.9. The van der Waals surface area contributed by atoms with Crippen molar-refractivity contribution in [2.24, 2.45) is 5.92 Å². The standard InChI is InChI=1S/C35H42ClN3O6S/c1-21-16-38(17-22(2)45-21)25-15-26(19-44-27-10-8-24(9-11-27)35(42)43)39(18-25)33(40)14-23-7-12-31(30(36)13-23)37-34(41)29-20-46-32-6-4-3-5-28(29)32/h3-7,12-13,20-22,24-27H,8-11,14-19H2,1-2H3,(H,37,41)(H,42,43)/t21-,22+,24?,25-,26-,27?/m0/s1. The van der Waals surface area contributed by atoms with Gasteiger partial charge in [-0.1, -0.05) is 35.9 Å². The first-order valence-corrected chi connectivity index (χ1v) is 17.5. The van der Waals surface area contributed by atoms with Crippen LogP contribution in [0.5, 0.6) is 0 Å². The zero-order valence-electron chi connectivity index (χ0n) is 26.3. The van der Waals surface area contributed by atoms with Gasteiger partial charge in [0.1, 0.15) is 0 Å². The van der Waals surface area contributed by atoms with Crippen molar-refractivity contribution in [3.63, 3.8) is 0 Å². The number of aliphatic carboxylic acids is 1. The Hall–Kier alpha value is -3.02. The predicted octanol–water partition coefficient (Wildman–Crippen LogP) is 6.09. The number of likely N-dealkylation sites (tertiary alicyclic amines) is 1. The van der Waals surface area contributed by atoms with Gasteiger partial charge in [-0.05, 0) is 69.7 Å². The van der Waals surface area contributed by atoms with Gasteiger partial charge in [0.2, 0.25) is 5.91 Å². The van der Waals surface area contributed by atoms with Crippen LogP contribution in [0, 0.1) is 5.92 Å². The molecule has 11 heteroatoms. The maximum atomic E-state index is 13.9. The lowest BCUT2D eigenvalue weighted by atomic mass is 9.87. The van der Waals surface area contributed by atoms with Crippen LogP contribution in [0.25, 0.3) is 10.1 Å². The second-order valence-corrected chi connectivity index (χ2v) is 14.4. The highest BCUT2D eigenvalue weighted by Crippen LogP contribution is 2.32. The van der Waals surface area contributed by atoms with Crippen LogP contribution in [0.2, 0.25) is 5.02 Å². The lowest BCUT2D eigenvalue weighted by molar-refractivity contribution is -0.144. The number of benzene rings is 2. The van der Waals surface area contributed by atoms with Gasteiger partial charge in [-0.3, -0.25) is 19.3 Å². The third-order valence-electron chi connectivity index (χ3n) is 9.59. The van der Waals surface area contributed by atoms with Crippen LogP contribution in [-0.4, -0.2) is 89.3 Å². The number of carbonyl (C=O) groups is 3. The van der Waals surface area contributed by atoms with Gasteiger partial charge >= 0.3 is 5.97 Å². The van der Waals surface area contributed by atoms with E-state index in [0.717, 1.165) is 48.0 Å². The number of nitrogens with one attached hydrogen (secondary N) is 1. The van der Waals surface area contributed by atoms with Crippen LogP contribution in [0.4, 0.5) is 5.69 Å². The highest BCUT2D eigenvalue weighted by molar-refractivity contribution is 7.17. The third kappa shape index (κ3) is 7.58. The van der Waals surface area contributed by atoms with Crippen LogP contribution in [-0.2, 0) is 25.5 Å². The van der Waals surface area contributed by atoms with Crippen LogP contribution in [0.1, 0.15) is 61.9 Å². The summed E-state index contributed by atoms with van der Waals surface area (Å²) in [4.78, 5) is 42.7. The molecule has 4 atom stereocenters. The second-order valence-electron chi connectivity index (χ2n) is 13.0. The molecule has 0 unspecified atom stereocenters. The number of ether oxygens (including phenoxy) is 2. The Bertz CT molecular complexity index is 1560. The summed E-state index contributed by atoms with van der Waals surface area (Å²) in [6, 6.07) is 13.3. The molecule has 3 heterocycles. The largest absolute Gasteiger partial charge is 0.481 e. The molecule has 246 valence electrons. The fourth-order valence-electron chi connectivity index (χ4n) is 7.25. The zero-order valence-corrected chi connectivity index (χ0v) is 27.9. The number of carboxylic acid groups (broad SMARTS) is 1. The van der Waals surface area contributed by atoms with Gasteiger partial charge in [-0.25, -0.2) is 0 Å². The Labute approximate surface area is 278 Å². The van der Waals surface area contributed by atoms with Gasteiger partial charge in [0.15, 0.2) is 0 Å². The van der Waals surface area contributed by atoms with E-state index in [4.69, 9.17) is 21.1 Å². The Balaban J connectivity index is 1.11. The molecule has 1 aliphatic carbocycles. The van der Waals surface area contributed by atoms with Crippen LogP contribution in [0.3, 0.4) is 0 Å². The van der Waals surface area contributed by atoms with E-state index in [1.165, 1.54) is 11.3 Å². The predicted molar refractivity (Wildman–Crippen MR) is 180 cm³/mol. The molecule has 46 heavy (non-hydrogen) atoms. The molecule has 2 aromatic carbocycles. The van der Waals surface area contributed by atoms with Crippen molar-refractivity contribution in [2.75, 3.05) is 31.6 Å². The molecule has 3 aromatic rings. The first-order chi connectivity index (χ1) is 22.1. The summed E-state index contributed by atoms with van der Waals surface area (Å²) in [6.07, 6.45) is 3.99. The Morgan fingerprint density at radius 3 is 2.50 bits per heavy atom. The normalized spacial score (nSPS) is 27.2. The van der Waals surface area contributed by atoms with Crippen LogP contribution >= 0.6 is 22.9 Å². The van der Waals surface area contributed by atoms with Crippen molar-refractivity contribution < 1.29 is 29.0 Å². The van der Waals surface area contributed by atoms with Gasteiger partial charge in [0, 0.05) is 41.1 Å². The minimum Gasteiger partial charge on any atom is -0.481 e. The van der Waals surface area contributed by atoms with Gasteiger partial charge < -0.3 is 24.8 Å². The summed E-state index contributed by atoms with van der Waals surface area (Å²) >= 11 is 8.15. The van der Waals surface area contributed by atoms with E-state index >= 15 is 0 Å². The summed E-state index contributed by atoms with van der Waals surface area (Å²) in [5.41, 5.74) is 1.88. The van der Waals surface area contributed by atoms with Crippen LogP contribution in [0.15, 0.2) is 47.8 Å². The van der Waals surface area contributed by atoms with E-state index in [9.17, 15) is 19.5 Å². The van der Waals surface area contributed by atoms with E-state index in [-0.39, 0.29) is 54.5 Å². The quantitative estimate of drug-likeness (QED) is 0.284. The summed E-state index contributed by atoms with van der Waals surface area (Å²) in [5.74, 6) is -1.23. The molecule has 3 fully saturated rings. The molecule has 0 spiro atoms. The molecule has 2 N–H and O–H groups in total. The fraction of sp³-hybridized carbons (Fsp3) is 0.514. The number of carbonyl (C=O) groups excluding carboxylic acids is 2. The maximum Gasteiger partial charge on any atom is 0.306 e. The number of thiophene rings is 1. The molecule has 3 aliphatic rings. The first kappa shape index (κ1) is 32.9. The second kappa shape index (κ2) is 14.4. The molecule has 0 radical (unpaired) electrons. The SMILES string of the molecule is C[C@@H]1CN([C@H]2C[C@@H](COC3CCC(C(=O)O)CC3)N(C(=O)Cc3ccc(NC(=O)c4csc5ccccc45)c(Cl)c3)C2)C[C@H](C)O1. The Morgan fingerprint density at radius 2 is 1.78 bits per heavy atom. The summed E-state index contributed by atoms with van der Waals surface area (Å²) in [5, 5.41) is 15.4. The smallest absolute Gasteiger partial charge is 0.306 e. The van der Waals surface area contributed by atoms with E-state index in [1.807, 2.05) is 40.6 Å². The minimum absolute atomic E-state index is 0.0117. The van der Waals surface area contributed by atoms with E-state index in [0.29, 0.717) is 42.3 Å². The molecule has 6 rings (SSSR count). The van der Waals surface area contributed by atoms with Crippen LogP contribution < -0.4 is 5.32 Å². The van der Waals surface area contributed by atoms with Gasteiger partial charge in [0.25, 0.3) is 5.91 Å².